The highest BCUT2D eigenvalue weighted by atomic mass is 16.2. The molecule has 5 rings (SSSR count). The van der Waals surface area contributed by atoms with Crippen LogP contribution in [0.2, 0.25) is 0 Å². The number of aromatic nitrogens is 1. The number of amides is 3. The van der Waals surface area contributed by atoms with Gasteiger partial charge in [-0.05, 0) is 28.5 Å². The van der Waals surface area contributed by atoms with E-state index in [0.29, 0.717) is 12.0 Å². The lowest BCUT2D eigenvalue weighted by Gasteiger charge is -2.12. The molecule has 0 spiro atoms. The molecule has 4 aromatic rings. The van der Waals surface area contributed by atoms with Crippen LogP contribution in [0, 0.1) is 0 Å². The monoisotopic (exact) mass is 397 g/mol. The summed E-state index contributed by atoms with van der Waals surface area (Å²) in [4.78, 5) is 42.2. The van der Waals surface area contributed by atoms with Gasteiger partial charge in [-0.15, -0.1) is 0 Å². The molecule has 2 N–H and O–H groups in total. The van der Waals surface area contributed by atoms with Gasteiger partial charge in [-0.1, -0.05) is 54.6 Å². The highest BCUT2D eigenvalue weighted by molar-refractivity contribution is 6.10. The number of hydrogen-bond donors (Lipinski definition) is 2. The van der Waals surface area contributed by atoms with Crippen molar-refractivity contribution in [3.63, 3.8) is 0 Å². The van der Waals surface area contributed by atoms with Crippen molar-refractivity contribution in [3.8, 4) is 0 Å². The van der Waals surface area contributed by atoms with Crippen molar-refractivity contribution in [1.29, 1.82) is 0 Å². The van der Waals surface area contributed by atoms with E-state index < -0.39 is 12.1 Å². The molecule has 1 aliphatic heterocycles. The highest BCUT2D eigenvalue weighted by Gasteiger charge is 2.39. The molecule has 1 unspecified atom stereocenters. The van der Waals surface area contributed by atoms with Crippen molar-refractivity contribution in [2.75, 3.05) is 6.54 Å². The minimum atomic E-state index is -0.680. The first-order valence-corrected chi connectivity index (χ1v) is 9.79. The van der Waals surface area contributed by atoms with Crippen molar-refractivity contribution in [1.82, 2.24) is 15.2 Å². The van der Waals surface area contributed by atoms with Crippen molar-refractivity contribution in [2.45, 2.75) is 12.5 Å². The molecule has 0 bridgehead atoms. The Balaban J connectivity index is 1.33. The van der Waals surface area contributed by atoms with Crippen LogP contribution in [-0.4, -0.2) is 40.2 Å². The fourth-order valence-corrected chi connectivity index (χ4v) is 3.98. The first kappa shape index (κ1) is 18.1. The van der Waals surface area contributed by atoms with Crippen LogP contribution in [-0.2, 0) is 11.2 Å². The lowest BCUT2D eigenvalue weighted by molar-refractivity contribution is -0.127. The second kappa shape index (κ2) is 7.15. The molecule has 1 fully saturated rings. The molecular weight excluding hydrogens is 378 g/mol. The second-order valence-electron chi connectivity index (χ2n) is 7.48. The number of ketones is 1. The van der Waals surface area contributed by atoms with Gasteiger partial charge in [0.1, 0.15) is 6.04 Å². The summed E-state index contributed by atoms with van der Waals surface area (Å²) < 4.78 is 0. The number of aromatic amines is 1. The maximum absolute atomic E-state index is 12.8. The summed E-state index contributed by atoms with van der Waals surface area (Å²) in [6, 6.07) is 19.7. The predicted octanol–water partition coefficient (Wildman–Crippen LogP) is 3.67. The van der Waals surface area contributed by atoms with Crippen LogP contribution in [0.5, 0.6) is 0 Å². The first-order chi connectivity index (χ1) is 14.6. The fraction of sp³-hybridized carbons (Fsp3) is 0.125. The van der Waals surface area contributed by atoms with E-state index in [1.54, 1.807) is 12.1 Å². The minimum Gasteiger partial charge on any atom is -0.361 e. The van der Waals surface area contributed by atoms with Crippen LogP contribution in [0.4, 0.5) is 4.79 Å². The smallest absolute Gasteiger partial charge is 0.325 e. The Kier molecular flexibility index (Phi) is 4.32. The number of imide groups is 1. The number of para-hydroxylation sites is 1. The van der Waals surface area contributed by atoms with Crippen molar-refractivity contribution in [2.24, 2.45) is 0 Å². The third-order valence-corrected chi connectivity index (χ3v) is 5.58. The normalized spacial score (nSPS) is 16.4. The molecule has 6 heteroatoms. The van der Waals surface area contributed by atoms with Crippen LogP contribution in [0.3, 0.4) is 0 Å². The summed E-state index contributed by atoms with van der Waals surface area (Å²) in [7, 11) is 0. The Bertz CT molecular complexity index is 1310. The lowest BCUT2D eigenvalue weighted by Crippen LogP contribution is -2.36. The highest BCUT2D eigenvalue weighted by Crippen LogP contribution is 2.22. The van der Waals surface area contributed by atoms with Gasteiger partial charge < -0.3 is 10.3 Å². The molecule has 0 aliphatic carbocycles. The number of fused-ring (bicyclic) bond motifs is 2. The first-order valence-electron chi connectivity index (χ1n) is 9.79. The molecule has 148 valence electrons. The van der Waals surface area contributed by atoms with E-state index in [4.69, 9.17) is 0 Å². The molecule has 2 heterocycles. The van der Waals surface area contributed by atoms with E-state index in [2.05, 4.69) is 10.3 Å². The Morgan fingerprint density at radius 3 is 2.57 bits per heavy atom. The summed E-state index contributed by atoms with van der Waals surface area (Å²) in [6.45, 7) is -0.270. The summed E-state index contributed by atoms with van der Waals surface area (Å²) >= 11 is 0. The van der Waals surface area contributed by atoms with Gasteiger partial charge in [-0.2, -0.15) is 0 Å². The Hall–Kier alpha value is -3.93. The van der Waals surface area contributed by atoms with Crippen LogP contribution in [0.1, 0.15) is 15.9 Å². The third-order valence-electron chi connectivity index (χ3n) is 5.58. The van der Waals surface area contributed by atoms with Crippen molar-refractivity contribution in [3.05, 3.63) is 84.1 Å². The third kappa shape index (κ3) is 3.12. The molecule has 1 aliphatic rings. The standard InChI is InChI=1S/C24H19N3O3/c28-22(17-10-9-15-5-1-2-6-16(15)11-17)14-27-23(29)21(26-24(27)30)12-18-13-25-20-8-4-3-7-19(18)20/h1-11,13,21,25H,12,14H2,(H,26,30). The molecular formula is C24H19N3O3. The number of urea groups is 1. The van der Waals surface area contributed by atoms with Crippen LogP contribution < -0.4 is 5.32 Å². The maximum Gasteiger partial charge on any atom is 0.325 e. The number of hydrogen-bond acceptors (Lipinski definition) is 3. The van der Waals surface area contributed by atoms with Gasteiger partial charge in [0.15, 0.2) is 5.78 Å². The largest absolute Gasteiger partial charge is 0.361 e. The van der Waals surface area contributed by atoms with E-state index in [9.17, 15) is 14.4 Å². The Labute approximate surface area is 172 Å². The molecule has 3 aromatic carbocycles. The number of Topliss-reactive ketones (excluding diaryl/α,β-unsaturated/α-hetero) is 1. The van der Waals surface area contributed by atoms with Crippen molar-refractivity contribution >= 4 is 39.4 Å². The Morgan fingerprint density at radius 2 is 1.70 bits per heavy atom. The molecule has 30 heavy (non-hydrogen) atoms. The number of rotatable bonds is 5. The number of carbonyl (C=O) groups excluding carboxylic acids is 3. The summed E-state index contributed by atoms with van der Waals surface area (Å²) in [5.74, 6) is -0.642. The zero-order valence-corrected chi connectivity index (χ0v) is 16.1. The van der Waals surface area contributed by atoms with E-state index in [0.717, 1.165) is 32.1 Å². The van der Waals surface area contributed by atoms with E-state index in [1.807, 2.05) is 60.8 Å². The predicted molar refractivity (Wildman–Crippen MR) is 114 cm³/mol. The summed E-state index contributed by atoms with van der Waals surface area (Å²) in [6.07, 6.45) is 2.22. The fourth-order valence-electron chi connectivity index (χ4n) is 3.98. The Morgan fingerprint density at radius 1 is 0.933 bits per heavy atom. The zero-order chi connectivity index (χ0) is 20.7. The average molecular weight is 397 g/mol. The van der Waals surface area contributed by atoms with Gasteiger partial charge in [0.05, 0.1) is 6.54 Å². The molecule has 6 nitrogen and oxygen atoms in total. The molecule has 3 amide bonds. The molecule has 1 saturated heterocycles. The van der Waals surface area contributed by atoms with Gasteiger partial charge >= 0.3 is 6.03 Å². The molecule has 0 radical (unpaired) electrons. The number of carbonyl (C=O) groups is 3. The lowest BCUT2D eigenvalue weighted by atomic mass is 10.0. The van der Waals surface area contributed by atoms with E-state index in [1.165, 1.54) is 0 Å². The van der Waals surface area contributed by atoms with Crippen molar-refractivity contribution < 1.29 is 14.4 Å². The van der Waals surface area contributed by atoms with Gasteiger partial charge in [0.25, 0.3) is 5.91 Å². The molecule has 1 atom stereocenters. The number of benzene rings is 3. The topological polar surface area (TPSA) is 82.3 Å². The van der Waals surface area contributed by atoms with Gasteiger partial charge in [-0.3, -0.25) is 14.5 Å². The maximum atomic E-state index is 12.8. The number of H-pyrrole nitrogens is 1. The zero-order valence-electron chi connectivity index (χ0n) is 16.1. The molecule has 1 aromatic heterocycles. The van der Waals surface area contributed by atoms with Gasteiger partial charge in [0.2, 0.25) is 0 Å². The minimum absolute atomic E-state index is 0.267. The second-order valence-corrected chi connectivity index (χ2v) is 7.48. The SMILES string of the molecule is O=C(CN1C(=O)NC(Cc2c[nH]c3ccccc23)C1=O)c1ccc2ccccc2c1. The van der Waals surface area contributed by atoms with Gasteiger partial charge in [-0.25, -0.2) is 4.79 Å². The van der Waals surface area contributed by atoms with E-state index in [-0.39, 0.29) is 18.2 Å². The molecule has 0 saturated carbocycles. The van der Waals surface area contributed by atoms with E-state index >= 15 is 0 Å². The average Bonchev–Trinajstić information content (AvgIpc) is 3.29. The van der Waals surface area contributed by atoms with Gasteiger partial charge in [0, 0.05) is 29.1 Å². The van der Waals surface area contributed by atoms with Crippen LogP contribution >= 0.6 is 0 Å². The van der Waals surface area contributed by atoms with Crippen LogP contribution in [0.15, 0.2) is 72.9 Å². The number of nitrogens with zero attached hydrogens (tertiary/aromatic N) is 1. The summed E-state index contributed by atoms with van der Waals surface area (Å²) in [5, 5.41) is 5.71. The quantitative estimate of drug-likeness (QED) is 0.398. The summed E-state index contributed by atoms with van der Waals surface area (Å²) in [5.41, 5.74) is 2.41. The number of nitrogens with one attached hydrogen (secondary N) is 2. The van der Waals surface area contributed by atoms with Crippen LogP contribution in [0.25, 0.3) is 21.7 Å².